The van der Waals surface area contributed by atoms with Crippen molar-refractivity contribution in [3.05, 3.63) is 11.1 Å². The van der Waals surface area contributed by atoms with Crippen LogP contribution in [0.2, 0.25) is 0 Å². The van der Waals surface area contributed by atoms with Gasteiger partial charge < -0.3 is 10.2 Å². The van der Waals surface area contributed by atoms with E-state index in [4.69, 9.17) is 0 Å². The number of anilines is 1. The van der Waals surface area contributed by atoms with Gasteiger partial charge in [-0.05, 0) is 25.8 Å². The van der Waals surface area contributed by atoms with Crippen molar-refractivity contribution < 1.29 is 0 Å². The summed E-state index contributed by atoms with van der Waals surface area (Å²) in [6.45, 7) is 13.0. The maximum Gasteiger partial charge on any atom is 0.185 e. The number of rotatable bonds is 8. The Morgan fingerprint density at radius 2 is 2.18 bits per heavy atom. The SMILES string of the molecule is CCCNCc1csc(N(CC)CC(C)C)n1. The minimum absolute atomic E-state index is 0.681. The van der Waals surface area contributed by atoms with E-state index < -0.39 is 0 Å². The van der Waals surface area contributed by atoms with Crippen LogP contribution in [-0.4, -0.2) is 24.6 Å². The summed E-state index contributed by atoms with van der Waals surface area (Å²) < 4.78 is 0. The zero-order valence-corrected chi connectivity index (χ0v) is 12.3. The largest absolute Gasteiger partial charge is 0.348 e. The quantitative estimate of drug-likeness (QED) is 0.723. The van der Waals surface area contributed by atoms with Crippen LogP contribution in [-0.2, 0) is 6.54 Å². The number of nitrogens with one attached hydrogen (secondary N) is 1. The fourth-order valence-corrected chi connectivity index (χ4v) is 2.60. The minimum Gasteiger partial charge on any atom is -0.348 e. The molecule has 1 rings (SSSR count). The lowest BCUT2D eigenvalue weighted by molar-refractivity contribution is 0.615. The van der Waals surface area contributed by atoms with Gasteiger partial charge in [0.2, 0.25) is 0 Å². The van der Waals surface area contributed by atoms with E-state index in [1.165, 1.54) is 12.1 Å². The van der Waals surface area contributed by atoms with Gasteiger partial charge in [-0.1, -0.05) is 20.8 Å². The molecule has 0 fully saturated rings. The zero-order valence-electron chi connectivity index (χ0n) is 11.5. The summed E-state index contributed by atoms with van der Waals surface area (Å²) >= 11 is 1.76. The van der Waals surface area contributed by atoms with Crippen LogP contribution < -0.4 is 10.2 Å². The van der Waals surface area contributed by atoms with Crippen LogP contribution in [0.25, 0.3) is 0 Å². The van der Waals surface area contributed by atoms with Crippen molar-refractivity contribution >= 4 is 16.5 Å². The van der Waals surface area contributed by atoms with Crippen molar-refractivity contribution in [1.29, 1.82) is 0 Å². The molecule has 0 aliphatic rings. The smallest absolute Gasteiger partial charge is 0.185 e. The van der Waals surface area contributed by atoms with Crippen LogP contribution in [0.5, 0.6) is 0 Å². The van der Waals surface area contributed by atoms with E-state index in [-0.39, 0.29) is 0 Å². The fourth-order valence-electron chi connectivity index (χ4n) is 1.70. The Labute approximate surface area is 109 Å². The second kappa shape index (κ2) is 7.67. The monoisotopic (exact) mass is 255 g/mol. The molecule has 1 aromatic heterocycles. The normalized spacial score (nSPS) is 11.1. The number of hydrogen-bond donors (Lipinski definition) is 1. The Hall–Kier alpha value is -0.610. The molecule has 0 amide bonds. The van der Waals surface area contributed by atoms with Gasteiger partial charge in [-0.25, -0.2) is 4.98 Å². The molecule has 0 saturated carbocycles. The molecule has 0 aliphatic heterocycles. The first kappa shape index (κ1) is 14.5. The van der Waals surface area contributed by atoms with Gasteiger partial charge in [0.05, 0.1) is 5.69 Å². The molecule has 17 heavy (non-hydrogen) atoms. The molecule has 1 aromatic rings. The Bertz CT molecular complexity index is 309. The highest BCUT2D eigenvalue weighted by molar-refractivity contribution is 7.13. The summed E-state index contributed by atoms with van der Waals surface area (Å²) in [6.07, 6.45) is 1.17. The van der Waals surface area contributed by atoms with Crippen molar-refractivity contribution in [1.82, 2.24) is 10.3 Å². The Balaban J connectivity index is 2.52. The second-order valence-corrected chi connectivity index (χ2v) is 5.57. The van der Waals surface area contributed by atoms with E-state index in [0.29, 0.717) is 5.92 Å². The first-order valence-corrected chi connectivity index (χ1v) is 7.45. The number of aromatic nitrogens is 1. The topological polar surface area (TPSA) is 28.2 Å². The molecule has 1 N–H and O–H groups in total. The summed E-state index contributed by atoms with van der Waals surface area (Å²) in [5.41, 5.74) is 1.17. The van der Waals surface area contributed by atoms with E-state index in [1.54, 1.807) is 11.3 Å². The standard InChI is InChI=1S/C13H25N3S/c1-5-7-14-8-12-10-17-13(15-12)16(6-2)9-11(3)4/h10-11,14H,5-9H2,1-4H3. The Morgan fingerprint density at radius 1 is 1.41 bits per heavy atom. The first-order chi connectivity index (χ1) is 8.17. The highest BCUT2D eigenvalue weighted by Crippen LogP contribution is 2.21. The van der Waals surface area contributed by atoms with Crippen molar-refractivity contribution in [2.45, 2.75) is 40.7 Å². The molecule has 0 spiro atoms. The van der Waals surface area contributed by atoms with Gasteiger partial charge in [0.15, 0.2) is 5.13 Å². The van der Waals surface area contributed by atoms with Crippen LogP contribution >= 0.6 is 11.3 Å². The van der Waals surface area contributed by atoms with Gasteiger partial charge in [-0.15, -0.1) is 11.3 Å². The zero-order chi connectivity index (χ0) is 12.7. The minimum atomic E-state index is 0.681. The van der Waals surface area contributed by atoms with Crippen molar-refractivity contribution in [2.75, 3.05) is 24.5 Å². The lowest BCUT2D eigenvalue weighted by atomic mass is 10.2. The molecule has 0 bridgehead atoms. The predicted octanol–water partition coefficient (Wildman–Crippen LogP) is 3.13. The molecule has 0 saturated heterocycles. The number of thiazole rings is 1. The third-order valence-corrected chi connectivity index (χ3v) is 3.46. The van der Waals surface area contributed by atoms with Crippen LogP contribution in [0, 0.1) is 5.92 Å². The van der Waals surface area contributed by atoms with Gasteiger partial charge in [0.1, 0.15) is 0 Å². The molecule has 4 heteroatoms. The van der Waals surface area contributed by atoms with Crippen molar-refractivity contribution in [3.63, 3.8) is 0 Å². The summed E-state index contributed by atoms with van der Waals surface area (Å²) in [7, 11) is 0. The van der Waals surface area contributed by atoms with E-state index in [9.17, 15) is 0 Å². The van der Waals surface area contributed by atoms with Crippen LogP contribution in [0.1, 0.15) is 39.8 Å². The molecular weight excluding hydrogens is 230 g/mol. The number of nitrogens with zero attached hydrogens (tertiary/aromatic N) is 2. The van der Waals surface area contributed by atoms with Gasteiger partial charge in [-0.2, -0.15) is 0 Å². The molecule has 3 nitrogen and oxygen atoms in total. The maximum atomic E-state index is 4.69. The lowest BCUT2D eigenvalue weighted by Crippen LogP contribution is -2.27. The highest BCUT2D eigenvalue weighted by atomic mass is 32.1. The molecule has 0 aliphatic carbocycles. The first-order valence-electron chi connectivity index (χ1n) is 6.57. The molecule has 0 radical (unpaired) electrons. The van der Waals surface area contributed by atoms with Crippen molar-refractivity contribution in [2.24, 2.45) is 5.92 Å². The van der Waals surface area contributed by atoms with Gasteiger partial charge in [-0.3, -0.25) is 0 Å². The second-order valence-electron chi connectivity index (χ2n) is 4.73. The third-order valence-electron chi connectivity index (χ3n) is 2.51. The molecule has 0 unspecified atom stereocenters. The number of hydrogen-bond acceptors (Lipinski definition) is 4. The summed E-state index contributed by atoms with van der Waals surface area (Å²) in [6, 6.07) is 0. The highest BCUT2D eigenvalue weighted by Gasteiger charge is 2.10. The molecule has 1 heterocycles. The van der Waals surface area contributed by atoms with Crippen molar-refractivity contribution in [3.8, 4) is 0 Å². The molecule has 0 aromatic carbocycles. The van der Waals surface area contributed by atoms with Crippen LogP contribution in [0.4, 0.5) is 5.13 Å². The average Bonchev–Trinajstić information content (AvgIpc) is 2.74. The Kier molecular flexibility index (Phi) is 6.52. The molecule has 0 atom stereocenters. The van der Waals surface area contributed by atoms with E-state index in [0.717, 1.165) is 31.3 Å². The lowest BCUT2D eigenvalue weighted by Gasteiger charge is -2.21. The third kappa shape index (κ3) is 5.04. The molecular formula is C13H25N3S. The fraction of sp³-hybridized carbons (Fsp3) is 0.769. The van der Waals surface area contributed by atoms with E-state index in [1.807, 2.05) is 0 Å². The van der Waals surface area contributed by atoms with Gasteiger partial charge in [0.25, 0.3) is 0 Å². The van der Waals surface area contributed by atoms with Crippen LogP contribution in [0.3, 0.4) is 0 Å². The van der Waals surface area contributed by atoms with Gasteiger partial charge in [0, 0.05) is 25.0 Å². The van der Waals surface area contributed by atoms with Crippen LogP contribution in [0.15, 0.2) is 5.38 Å². The molecule has 98 valence electrons. The van der Waals surface area contributed by atoms with E-state index in [2.05, 4.69) is 48.3 Å². The summed E-state index contributed by atoms with van der Waals surface area (Å²) in [5.74, 6) is 0.681. The summed E-state index contributed by atoms with van der Waals surface area (Å²) in [4.78, 5) is 7.05. The average molecular weight is 255 g/mol. The Morgan fingerprint density at radius 3 is 2.76 bits per heavy atom. The van der Waals surface area contributed by atoms with Gasteiger partial charge >= 0.3 is 0 Å². The van der Waals surface area contributed by atoms with E-state index >= 15 is 0 Å². The summed E-state index contributed by atoms with van der Waals surface area (Å²) in [5, 5.41) is 6.72. The predicted molar refractivity (Wildman–Crippen MR) is 76.8 cm³/mol. The maximum absolute atomic E-state index is 4.69.